The lowest BCUT2D eigenvalue weighted by molar-refractivity contribution is 0.102. The molecule has 0 bridgehead atoms. The van der Waals surface area contributed by atoms with Crippen LogP contribution in [0.15, 0.2) is 79.3 Å². The minimum Gasteiger partial charge on any atom is -0.397 e. The normalized spacial score (nSPS) is 10.4. The molecular weight excluding hydrogens is 428 g/mol. The van der Waals surface area contributed by atoms with E-state index in [4.69, 9.17) is 5.73 Å². The molecule has 8 nitrogen and oxygen atoms in total. The van der Waals surface area contributed by atoms with Gasteiger partial charge in [0.05, 0.1) is 17.2 Å². The van der Waals surface area contributed by atoms with Gasteiger partial charge in [-0.25, -0.2) is 0 Å². The number of nitrogen functional groups attached to an aromatic ring is 1. The molecule has 1 amide bonds. The van der Waals surface area contributed by atoms with E-state index in [1.165, 1.54) is 0 Å². The van der Waals surface area contributed by atoms with Crippen LogP contribution in [0.5, 0.6) is 0 Å². The molecule has 0 spiro atoms. The van der Waals surface area contributed by atoms with Crippen molar-refractivity contribution in [2.45, 2.75) is 13.0 Å². The number of aromatic nitrogens is 1. The van der Waals surface area contributed by atoms with E-state index >= 15 is 0 Å². The highest BCUT2D eigenvalue weighted by molar-refractivity contribution is 6.04. The van der Waals surface area contributed by atoms with Crippen LogP contribution in [-0.4, -0.2) is 48.1 Å². The maximum atomic E-state index is 12.5. The van der Waals surface area contributed by atoms with E-state index in [1.807, 2.05) is 60.3 Å². The SMILES string of the molecule is C=C(Nc1ccc(N(C)C)cc1)N(CCCO)Cc1ccc(C(=O)Nc2ccccc2N)nc1. The summed E-state index contributed by atoms with van der Waals surface area (Å²) in [4.78, 5) is 20.9. The number of hydrogen-bond acceptors (Lipinski definition) is 7. The first-order valence-corrected chi connectivity index (χ1v) is 11.1. The fourth-order valence-corrected chi connectivity index (χ4v) is 3.33. The first-order chi connectivity index (χ1) is 16.4. The summed E-state index contributed by atoms with van der Waals surface area (Å²) in [7, 11) is 4.00. The van der Waals surface area contributed by atoms with Crippen molar-refractivity contribution in [3.63, 3.8) is 0 Å². The quantitative estimate of drug-likeness (QED) is 0.323. The lowest BCUT2D eigenvalue weighted by atomic mass is 10.2. The van der Waals surface area contributed by atoms with Gasteiger partial charge in [0.2, 0.25) is 0 Å². The van der Waals surface area contributed by atoms with Crippen molar-refractivity contribution in [1.29, 1.82) is 0 Å². The summed E-state index contributed by atoms with van der Waals surface area (Å²) in [6.45, 7) is 5.42. The third kappa shape index (κ3) is 6.73. The summed E-state index contributed by atoms with van der Waals surface area (Å²) in [5.41, 5.74) is 10.2. The number of nitrogens with two attached hydrogens (primary N) is 1. The molecule has 3 rings (SSSR count). The number of nitrogens with one attached hydrogen (secondary N) is 2. The molecule has 8 heteroatoms. The zero-order valence-corrected chi connectivity index (χ0v) is 19.7. The monoisotopic (exact) mass is 460 g/mol. The summed E-state index contributed by atoms with van der Waals surface area (Å²) in [6.07, 6.45) is 2.28. The molecule has 2 aromatic carbocycles. The zero-order valence-electron chi connectivity index (χ0n) is 19.7. The molecule has 0 aliphatic carbocycles. The van der Waals surface area contributed by atoms with Gasteiger partial charge in [0, 0.05) is 51.4 Å². The Hall–Kier alpha value is -4.04. The molecule has 0 aliphatic rings. The number of pyridine rings is 1. The van der Waals surface area contributed by atoms with Crippen molar-refractivity contribution < 1.29 is 9.90 Å². The Labute approximate surface area is 200 Å². The molecule has 5 N–H and O–H groups in total. The van der Waals surface area contributed by atoms with Crippen LogP contribution in [0.25, 0.3) is 0 Å². The number of benzene rings is 2. The highest BCUT2D eigenvalue weighted by Gasteiger charge is 2.12. The Morgan fingerprint density at radius 1 is 1.06 bits per heavy atom. The molecule has 1 heterocycles. The predicted octanol–water partition coefficient (Wildman–Crippen LogP) is 3.75. The van der Waals surface area contributed by atoms with Gasteiger partial charge in [-0.2, -0.15) is 0 Å². The molecule has 0 atom stereocenters. The third-order valence-corrected chi connectivity index (χ3v) is 5.28. The zero-order chi connectivity index (χ0) is 24.5. The van der Waals surface area contributed by atoms with Crippen LogP contribution >= 0.6 is 0 Å². The van der Waals surface area contributed by atoms with Gasteiger partial charge in [0.1, 0.15) is 5.69 Å². The second-order valence-corrected chi connectivity index (χ2v) is 8.10. The smallest absolute Gasteiger partial charge is 0.274 e. The van der Waals surface area contributed by atoms with E-state index in [0.29, 0.717) is 42.4 Å². The molecule has 0 fully saturated rings. The lowest BCUT2D eigenvalue weighted by Gasteiger charge is -2.27. The molecule has 0 saturated carbocycles. The van der Waals surface area contributed by atoms with Crippen molar-refractivity contribution in [3.8, 4) is 0 Å². The van der Waals surface area contributed by atoms with Gasteiger partial charge in [-0.05, 0) is 54.4 Å². The Balaban J connectivity index is 1.65. The van der Waals surface area contributed by atoms with E-state index in [9.17, 15) is 9.90 Å². The lowest BCUT2D eigenvalue weighted by Crippen LogP contribution is -2.28. The summed E-state index contributed by atoms with van der Waals surface area (Å²) in [6, 6.07) is 18.7. The molecule has 34 heavy (non-hydrogen) atoms. The van der Waals surface area contributed by atoms with Crippen LogP contribution < -0.4 is 21.3 Å². The third-order valence-electron chi connectivity index (χ3n) is 5.28. The van der Waals surface area contributed by atoms with E-state index in [-0.39, 0.29) is 12.5 Å². The minimum atomic E-state index is -0.325. The number of anilines is 4. The molecule has 178 valence electrons. The largest absolute Gasteiger partial charge is 0.397 e. The molecule has 0 saturated heterocycles. The molecule has 0 unspecified atom stereocenters. The number of aliphatic hydroxyl groups excluding tert-OH is 1. The number of nitrogens with zero attached hydrogens (tertiary/aromatic N) is 3. The van der Waals surface area contributed by atoms with Gasteiger partial charge >= 0.3 is 0 Å². The van der Waals surface area contributed by atoms with Crippen LogP contribution in [0.3, 0.4) is 0 Å². The highest BCUT2D eigenvalue weighted by Crippen LogP contribution is 2.20. The second kappa shape index (κ2) is 11.7. The van der Waals surface area contributed by atoms with Crippen molar-refractivity contribution in [2.75, 3.05) is 48.5 Å². The van der Waals surface area contributed by atoms with Gasteiger partial charge in [0.15, 0.2) is 0 Å². The molecule has 0 radical (unpaired) electrons. The van der Waals surface area contributed by atoms with Crippen molar-refractivity contribution in [3.05, 3.63) is 90.5 Å². The maximum absolute atomic E-state index is 12.5. The average Bonchev–Trinajstić information content (AvgIpc) is 2.83. The Morgan fingerprint density at radius 2 is 1.79 bits per heavy atom. The fourth-order valence-electron chi connectivity index (χ4n) is 3.33. The summed E-state index contributed by atoms with van der Waals surface area (Å²) >= 11 is 0. The number of rotatable bonds is 11. The van der Waals surface area contributed by atoms with E-state index < -0.39 is 0 Å². The number of aliphatic hydroxyl groups is 1. The van der Waals surface area contributed by atoms with E-state index in [0.717, 1.165) is 16.9 Å². The Morgan fingerprint density at radius 3 is 2.41 bits per heavy atom. The maximum Gasteiger partial charge on any atom is 0.274 e. The van der Waals surface area contributed by atoms with Crippen LogP contribution in [0.2, 0.25) is 0 Å². The second-order valence-electron chi connectivity index (χ2n) is 8.10. The number of carbonyl (C=O) groups excluding carboxylic acids is 1. The van der Waals surface area contributed by atoms with Gasteiger partial charge in [-0.15, -0.1) is 0 Å². The number of carbonyl (C=O) groups is 1. The topological polar surface area (TPSA) is 107 Å². The van der Waals surface area contributed by atoms with Crippen molar-refractivity contribution in [1.82, 2.24) is 9.88 Å². The van der Waals surface area contributed by atoms with Crippen molar-refractivity contribution >= 4 is 28.7 Å². The van der Waals surface area contributed by atoms with Gasteiger partial charge in [-0.1, -0.05) is 24.8 Å². The Bertz CT molecular complexity index is 1100. The van der Waals surface area contributed by atoms with Crippen LogP contribution in [-0.2, 0) is 6.54 Å². The standard InChI is InChI=1S/C26H32N6O2/c1-19(29-21-10-12-22(13-11-21)31(2)3)32(15-6-16-33)18-20-9-14-25(28-17-20)26(34)30-24-8-5-4-7-23(24)27/h4-5,7-14,17,29,33H,1,6,15-16,18,27H2,2-3H3,(H,30,34). The first-order valence-electron chi connectivity index (χ1n) is 11.1. The number of para-hydroxylation sites is 2. The fraction of sp³-hybridized carbons (Fsp3) is 0.231. The number of amides is 1. The predicted molar refractivity (Wildman–Crippen MR) is 139 cm³/mol. The van der Waals surface area contributed by atoms with Crippen LogP contribution in [0.1, 0.15) is 22.5 Å². The van der Waals surface area contributed by atoms with Crippen LogP contribution in [0, 0.1) is 0 Å². The molecule has 1 aromatic heterocycles. The summed E-state index contributed by atoms with van der Waals surface area (Å²) in [5.74, 6) is 0.390. The van der Waals surface area contributed by atoms with Crippen molar-refractivity contribution in [2.24, 2.45) is 0 Å². The van der Waals surface area contributed by atoms with Crippen LogP contribution in [0.4, 0.5) is 22.7 Å². The average molecular weight is 461 g/mol. The van der Waals surface area contributed by atoms with Gasteiger partial charge < -0.3 is 31.3 Å². The van der Waals surface area contributed by atoms with Gasteiger partial charge in [0.25, 0.3) is 5.91 Å². The molecule has 3 aromatic rings. The first kappa shape index (κ1) is 24.6. The number of hydrogen-bond donors (Lipinski definition) is 4. The molecular formula is C26H32N6O2. The van der Waals surface area contributed by atoms with Gasteiger partial charge in [-0.3, -0.25) is 9.78 Å². The van der Waals surface area contributed by atoms with E-state index in [1.54, 1.807) is 30.5 Å². The minimum absolute atomic E-state index is 0.0846. The highest BCUT2D eigenvalue weighted by atomic mass is 16.3. The summed E-state index contributed by atoms with van der Waals surface area (Å²) in [5, 5.41) is 15.4. The Kier molecular flexibility index (Phi) is 8.48. The summed E-state index contributed by atoms with van der Waals surface area (Å²) < 4.78 is 0. The molecule has 0 aliphatic heterocycles. The van der Waals surface area contributed by atoms with E-state index in [2.05, 4.69) is 22.2 Å².